The fraction of sp³-hybridized carbons (Fsp3) is 0.733. The molecule has 0 amide bonds. The van der Waals surface area contributed by atoms with E-state index in [1.807, 2.05) is 6.07 Å². The monoisotopic (exact) mass is 313 g/mol. The van der Waals surface area contributed by atoms with Gasteiger partial charge in [-0.15, -0.1) is 0 Å². The lowest BCUT2D eigenvalue weighted by molar-refractivity contribution is 0.282. The van der Waals surface area contributed by atoms with E-state index >= 15 is 0 Å². The second-order valence-corrected chi connectivity index (χ2v) is 6.17. The Kier molecular flexibility index (Phi) is 5.77. The largest absolute Gasteiger partial charge is 0.466 e. The molecule has 0 bridgehead atoms. The molecule has 18 heavy (non-hydrogen) atoms. The van der Waals surface area contributed by atoms with Crippen LogP contribution in [0.3, 0.4) is 0 Å². The molecule has 1 N–H and O–H groups in total. The number of hydrogen-bond acceptors (Lipinski definition) is 2. The van der Waals surface area contributed by atoms with Crippen molar-refractivity contribution in [3.8, 4) is 0 Å². The van der Waals surface area contributed by atoms with Crippen LogP contribution in [0, 0.1) is 5.92 Å². The first-order valence-corrected chi connectivity index (χ1v) is 8.08. The first-order valence-electron chi connectivity index (χ1n) is 7.29. The van der Waals surface area contributed by atoms with Crippen LogP contribution in [0.15, 0.2) is 21.2 Å². The topological polar surface area (TPSA) is 25.2 Å². The van der Waals surface area contributed by atoms with Crippen molar-refractivity contribution in [2.45, 2.75) is 57.9 Å². The van der Waals surface area contributed by atoms with Crippen LogP contribution in [-0.4, -0.2) is 6.54 Å². The Bertz CT molecular complexity index is 342. The Morgan fingerprint density at radius 1 is 1.33 bits per heavy atom. The lowest BCUT2D eigenvalue weighted by Crippen LogP contribution is -2.29. The van der Waals surface area contributed by atoms with Gasteiger partial charge in [0.2, 0.25) is 0 Å². The molecular weight excluding hydrogens is 290 g/mol. The summed E-state index contributed by atoms with van der Waals surface area (Å²) >= 11 is 3.61. The molecule has 0 radical (unpaired) electrons. The molecule has 1 saturated carbocycles. The molecule has 0 spiro atoms. The summed E-state index contributed by atoms with van der Waals surface area (Å²) in [5, 5.41) is 3.69. The normalized spacial score (nSPS) is 19.7. The van der Waals surface area contributed by atoms with Crippen LogP contribution in [0.25, 0.3) is 0 Å². The van der Waals surface area contributed by atoms with Crippen LogP contribution >= 0.6 is 15.9 Å². The molecule has 1 aliphatic rings. The van der Waals surface area contributed by atoms with Gasteiger partial charge in [0.15, 0.2) is 0 Å². The zero-order valence-electron chi connectivity index (χ0n) is 11.3. The molecule has 1 aliphatic carbocycles. The zero-order valence-corrected chi connectivity index (χ0v) is 12.8. The van der Waals surface area contributed by atoms with Crippen molar-refractivity contribution in [2.24, 2.45) is 5.92 Å². The molecule has 1 fully saturated rings. The van der Waals surface area contributed by atoms with Crippen molar-refractivity contribution in [3.05, 3.63) is 22.6 Å². The van der Waals surface area contributed by atoms with Gasteiger partial charge in [-0.1, -0.05) is 32.6 Å². The zero-order chi connectivity index (χ0) is 12.8. The second-order valence-electron chi connectivity index (χ2n) is 5.32. The Morgan fingerprint density at radius 3 is 2.61 bits per heavy atom. The van der Waals surface area contributed by atoms with E-state index in [1.54, 1.807) is 6.26 Å². The quantitative estimate of drug-likeness (QED) is 0.769. The minimum absolute atomic E-state index is 0.382. The van der Waals surface area contributed by atoms with Crippen LogP contribution in [0.5, 0.6) is 0 Å². The summed E-state index contributed by atoms with van der Waals surface area (Å²) in [6, 6.07) is 2.39. The van der Waals surface area contributed by atoms with Crippen LogP contribution in [0.4, 0.5) is 0 Å². The molecule has 0 saturated heterocycles. The van der Waals surface area contributed by atoms with E-state index in [9.17, 15) is 0 Å². The van der Waals surface area contributed by atoms with Crippen molar-refractivity contribution in [2.75, 3.05) is 6.54 Å². The average Bonchev–Trinajstić information content (AvgIpc) is 2.65. The Balaban J connectivity index is 2.10. The lowest BCUT2D eigenvalue weighted by Gasteiger charge is -2.26. The van der Waals surface area contributed by atoms with Gasteiger partial charge in [-0.2, -0.15) is 0 Å². The van der Waals surface area contributed by atoms with Gasteiger partial charge in [-0.3, -0.25) is 0 Å². The van der Waals surface area contributed by atoms with Gasteiger partial charge in [0.1, 0.15) is 5.76 Å². The van der Waals surface area contributed by atoms with Crippen LogP contribution in [-0.2, 0) is 0 Å². The highest BCUT2D eigenvalue weighted by atomic mass is 79.9. The second kappa shape index (κ2) is 7.34. The predicted molar refractivity (Wildman–Crippen MR) is 78.6 cm³/mol. The number of furan rings is 1. The highest BCUT2D eigenvalue weighted by Crippen LogP contribution is 2.36. The molecule has 3 heteroatoms. The van der Waals surface area contributed by atoms with E-state index in [-0.39, 0.29) is 0 Å². The van der Waals surface area contributed by atoms with Gasteiger partial charge < -0.3 is 9.73 Å². The van der Waals surface area contributed by atoms with Crippen molar-refractivity contribution >= 4 is 15.9 Å². The van der Waals surface area contributed by atoms with Crippen molar-refractivity contribution in [1.82, 2.24) is 5.32 Å². The summed E-state index contributed by atoms with van der Waals surface area (Å²) in [4.78, 5) is 0. The molecular formula is C15H24BrNO. The molecule has 1 atom stereocenters. The maximum absolute atomic E-state index is 5.71. The Hall–Kier alpha value is -0.280. The van der Waals surface area contributed by atoms with E-state index in [0.29, 0.717) is 6.04 Å². The maximum atomic E-state index is 5.71. The summed E-state index contributed by atoms with van der Waals surface area (Å²) in [6.07, 6.45) is 11.1. The molecule has 1 unspecified atom stereocenters. The van der Waals surface area contributed by atoms with Gasteiger partial charge in [-0.25, -0.2) is 0 Å². The van der Waals surface area contributed by atoms with Gasteiger partial charge in [0, 0.05) is 0 Å². The lowest BCUT2D eigenvalue weighted by atomic mass is 9.90. The summed E-state index contributed by atoms with van der Waals surface area (Å²) < 4.78 is 6.82. The number of hydrogen-bond donors (Lipinski definition) is 1. The summed E-state index contributed by atoms with van der Waals surface area (Å²) in [5.41, 5.74) is 0. The van der Waals surface area contributed by atoms with E-state index in [4.69, 9.17) is 4.42 Å². The van der Waals surface area contributed by atoms with E-state index < -0.39 is 0 Å². The third-order valence-electron chi connectivity index (χ3n) is 3.91. The minimum atomic E-state index is 0.382. The van der Waals surface area contributed by atoms with Crippen LogP contribution in [0.1, 0.15) is 63.7 Å². The molecule has 102 valence electrons. The van der Waals surface area contributed by atoms with Crippen LogP contribution < -0.4 is 5.32 Å². The first-order chi connectivity index (χ1) is 8.83. The maximum Gasteiger partial charge on any atom is 0.135 e. The number of halogens is 1. The van der Waals surface area contributed by atoms with E-state index in [1.165, 1.54) is 44.9 Å². The first kappa shape index (κ1) is 14.1. The van der Waals surface area contributed by atoms with E-state index in [0.717, 1.165) is 22.7 Å². The van der Waals surface area contributed by atoms with Crippen molar-refractivity contribution in [3.63, 3.8) is 0 Å². The number of rotatable bonds is 5. The van der Waals surface area contributed by atoms with Gasteiger partial charge in [-0.05, 0) is 53.7 Å². The van der Waals surface area contributed by atoms with Crippen LogP contribution in [0.2, 0.25) is 0 Å². The smallest absolute Gasteiger partial charge is 0.135 e. The van der Waals surface area contributed by atoms with Crippen molar-refractivity contribution in [1.29, 1.82) is 0 Å². The predicted octanol–water partition coefficient (Wildman–Crippen LogP) is 5.05. The third-order valence-corrected chi connectivity index (χ3v) is 4.57. The summed E-state index contributed by atoms with van der Waals surface area (Å²) in [5.74, 6) is 1.82. The third kappa shape index (κ3) is 3.61. The van der Waals surface area contributed by atoms with Gasteiger partial charge in [0.05, 0.1) is 16.8 Å². The Morgan fingerprint density at radius 2 is 2.06 bits per heavy atom. The molecule has 2 rings (SSSR count). The molecule has 0 aromatic carbocycles. The molecule has 1 aromatic rings. The van der Waals surface area contributed by atoms with Gasteiger partial charge >= 0.3 is 0 Å². The average molecular weight is 314 g/mol. The van der Waals surface area contributed by atoms with Crippen molar-refractivity contribution < 1.29 is 4.42 Å². The minimum Gasteiger partial charge on any atom is -0.466 e. The standard InChI is InChI=1S/C15H24BrNO/c1-2-10-17-14(15-13(16)9-11-18-15)12-7-5-3-4-6-8-12/h9,11-12,14,17H,2-8,10H2,1H3. The van der Waals surface area contributed by atoms with E-state index in [2.05, 4.69) is 28.2 Å². The highest BCUT2D eigenvalue weighted by molar-refractivity contribution is 9.10. The number of nitrogens with one attached hydrogen (secondary N) is 1. The SMILES string of the molecule is CCCNC(c1occc1Br)C1CCCCCC1. The molecule has 0 aliphatic heterocycles. The molecule has 2 nitrogen and oxygen atoms in total. The highest BCUT2D eigenvalue weighted by Gasteiger charge is 2.27. The molecule has 1 heterocycles. The van der Waals surface area contributed by atoms with Gasteiger partial charge in [0.25, 0.3) is 0 Å². The summed E-state index contributed by atoms with van der Waals surface area (Å²) in [7, 11) is 0. The molecule has 1 aromatic heterocycles. The Labute approximate surface area is 119 Å². The summed E-state index contributed by atoms with van der Waals surface area (Å²) in [6.45, 7) is 3.28. The fourth-order valence-electron chi connectivity index (χ4n) is 2.94. The fourth-order valence-corrected chi connectivity index (χ4v) is 3.39.